The molecule has 1 aliphatic carbocycles. The fraction of sp³-hybridized carbons (Fsp3) is 1.00. The molecule has 0 radical (unpaired) electrons. The van der Waals surface area contributed by atoms with Crippen LogP contribution in [0.4, 0.5) is 0 Å². The van der Waals surface area contributed by atoms with Crippen molar-refractivity contribution in [3.63, 3.8) is 0 Å². The number of rotatable bonds is 2. The molecule has 0 aromatic heterocycles. The summed E-state index contributed by atoms with van der Waals surface area (Å²) >= 11 is 4.70. The summed E-state index contributed by atoms with van der Waals surface area (Å²) in [5, 5.41) is 0. The van der Waals surface area contributed by atoms with Crippen LogP contribution in [-0.4, -0.2) is 23.3 Å². The Hall–Kier alpha value is 0.917. The Bertz CT molecular complexity index is 223. The van der Waals surface area contributed by atoms with Crippen molar-refractivity contribution >= 4 is 31.6 Å². The quantitative estimate of drug-likeness (QED) is 0.649. The third-order valence-electron chi connectivity index (χ3n) is 4.11. The Morgan fingerprint density at radius 3 is 1.94 bits per heavy atom. The summed E-state index contributed by atoms with van der Waals surface area (Å²) < 4.78 is 0.658. The Kier molecular flexibility index (Phi) is 4.40. The monoisotopic (exact) mass is 274 g/mol. The summed E-state index contributed by atoms with van der Waals surface area (Å²) in [4.78, 5) is 0. The zero-order valence-corrected chi connectivity index (χ0v) is 13.7. The molecule has 0 bridgehead atoms. The van der Waals surface area contributed by atoms with E-state index in [1.807, 2.05) is 0 Å². The molecule has 0 amide bonds. The molecule has 3 heteroatoms. The molecule has 2 rings (SSSR count). The van der Waals surface area contributed by atoms with Gasteiger partial charge in [-0.3, -0.25) is 0 Å². The van der Waals surface area contributed by atoms with Gasteiger partial charge in [-0.15, -0.1) is 23.5 Å². The third kappa shape index (κ3) is 2.51. The van der Waals surface area contributed by atoms with Crippen LogP contribution >= 0.6 is 23.5 Å². The van der Waals surface area contributed by atoms with Crippen LogP contribution in [0.15, 0.2) is 0 Å². The van der Waals surface area contributed by atoms with Crippen LogP contribution < -0.4 is 0 Å². The predicted molar refractivity (Wildman–Crippen MR) is 82.2 cm³/mol. The van der Waals surface area contributed by atoms with Gasteiger partial charge in [0, 0.05) is 0 Å². The summed E-state index contributed by atoms with van der Waals surface area (Å²) in [5.41, 5.74) is 0. The van der Waals surface area contributed by atoms with Crippen molar-refractivity contribution in [3.05, 3.63) is 0 Å². The van der Waals surface area contributed by atoms with Gasteiger partial charge in [0.2, 0.25) is 0 Å². The van der Waals surface area contributed by atoms with Gasteiger partial charge in [0.25, 0.3) is 0 Å². The van der Waals surface area contributed by atoms with Crippen LogP contribution in [0.1, 0.15) is 38.5 Å². The lowest BCUT2D eigenvalue weighted by atomic mass is 9.90. The molecule has 1 heterocycles. The molecule has 1 saturated carbocycles. The Morgan fingerprint density at radius 2 is 1.44 bits per heavy atom. The molecule has 0 spiro atoms. The first-order chi connectivity index (χ1) is 7.56. The molecular formula is C13H26S2Si. The Balaban J connectivity index is 2.18. The zero-order chi connectivity index (χ0) is 11.6. The van der Waals surface area contributed by atoms with Gasteiger partial charge in [-0.25, -0.2) is 0 Å². The van der Waals surface area contributed by atoms with E-state index in [1.165, 1.54) is 50.0 Å². The number of hydrogen-bond donors (Lipinski definition) is 0. The summed E-state index contributed by atoms with van der Waals surface area (Å²) in [6.45, 7) is 7.81. The van der Waals surface area contributed by atoms with Crippen molar-refractivity contribution in [2.75, 3.05) is 11.5 Å². The van der Waals surface area contributed by atoms with E-state index >= 15 is 0 Å². The lowest BCUT2D eigenvalue weighted by Crippen LogP contribution is -2.54. The first-order valence-corrected chi connectivity index (χ1v) is 12.3. The van der Waals surface area contributed by atoms with Crippen molar-refractivity contribution in [2.45, 2.75) is 61.9 Å². The summed E-state index contributed by atoms with van der Waals surface area (Å²) in [5.74, 6) is 3.88. The first-order valence-electron chi connectivity index (χ1n) is 6.84. The van der Waals surface area contributed by atoms with E-state index in [0.717, 1.165) is 5.92 Å². The maximum Gasteiger partial charge on any atom is 0.0755 e. The van der Waals surface area contributed by atoms with Crippen molar-refractivity contribution < 1.29 is 0 Å². The summed E-state index contributed by atoms with van der Waals surface area (Å²) in [6.07, 6.45) is 8.96. The number of hydrogen-bond acceptors (Lipinski definition) is 2. The van der Waals surface area contributed by atoms with Gasteiger partial charge in [0.05, 0.1) is 11.8 Å². The maximum atomic E-state index is 2.60. The largest absolute Gasteiger partial charge is 0.147 e. The number of thioether (sulfide) groups is 2. The van der Waals surface area contributed by atoms with E-state index in [2.05, 4.69) is 43.2 Å². The van der Waals surface area contributed by atoms with Gasteiger partial charge in [0.15, 0.2) is 0 Å². The van der Waals surface area contributed by atoms with Gasteiger partial charge in [-0.2, -0.15) is 0 Å². The predicted octanol–water partition coefficient (Wildman–Crippen LogP) is 5.01. The third-order valence-corrected chi connectivity index (χ3v) is 14.4. The maximum absolute atomic E-state index is 2.60. The van der Waals surface area contributed by atoms with Crippen molar-refractivity contribution in [3.8, 4) is 0 Å². The Labute approximate surface area is 111 Å². The highest BCUT2D eigenvalue weighted by Crippen LogP contribution is 2.56. The molecule has 16 heavy (non-hydrogen) atoms. The molecule has 0 unspecified atom stereocenters. The normalized spacial score (nSPS) is 27.9. The summed E-state index contributed by atoms with van der Waals surface area (Å²) in [6, 6.07) is 0. The van der Waals surface area contributed by atoms with E-state index in [9.17, 15) is 0 Å². The van der Waals surface area contributed by atoms with Gasteiger partial charge in [0.1, 0.15) is 0 Å². The van der Waals surface area contributed by atoms with E-state index in [4.69, 9.17) is 0 Å². The molecule has 94 valence electrons. The topological polar surface area (TPSA) is 0 Å². The van der Waals surface area contributed by atoms with Gasteiger partial charge >= 0.3 is 0 Å². The van der Waals surface area contributed by atoms with E-state index in [1.54, 1.807) is 0 Å². The van der Waals surface area contributed by atoms with E-state index in [-0.39, 0.29) is 0 Å². The molecule has 0 N–H and O–H groups in total. The molecule has 0 aromatic rings. The second-order valence-electron chi connectivity index (χ2n) is 6.30. The molecule has 2 aliphatic rings. The fourth-order valence-electron chi connectivity index (χ4n) is 3.31. The summed E-state index contributed by atoms with van der Waals surface area (Å²) in [7, 11) is -1.07. The lowest BCUT2D eigenvalue weighted by molar-refractivity contribution is 0.363. The molecule has 1 saturated heterocycles. The molecule has 0 atom stereocenters. The van der Waals surface area contributed by atoms with Crippen molar-refractivity contribution in [1.82, 2.24) is 0 Å². The van der Waals surface area contributed by atoms with Crippen LogP contribution in [-0.2, 0) is 0 Å². The highest BCUT2D eigenvalue weighted by atomic mass is 32.2. The minimum absolute atomic E-state index is 0.658. The van der Waals surface area contributed by atoms with Crippen LogP contribution in [0.5, 0.6) is 0 Å². The highest BCUT2D eigenvalue weighted by Gasteiger charge is 2.50. The standard InChI is InChI=1S/C13H26S2Si/c1-16(2,3)13(14-10-7-11-15-13)12-8-5-4-6-9-12/h12H,4-11H2,1-3H3. The van der Waals surface area contributed by atoms with Crippen molar-refractivity contribution in [1.29, 1.82) is 0 Å². The lowest BCUT2D eigenvalue weighted by Gasteiger charge is -2.51. The minimum Gasteiger partial charge on any atom is -0.147 e. The fourth-order valence-corrected chi connectivity index (χ4v) is 12.0. The second kappa shape index (κ2) is 5.27. The average Bonchev–Trinajstić information content (AvgIpc) is 2.30. The zero-order valence-electron chi connectivity index (χ0n) is 11.1. The van der Waals surface area contributed by atoms with E-state index in [0.29, 0.717) is 3.70 Å². The SMILES string of the molecule is C[Si](C)(C)C1(C2CCCCC2)SCCCS1. The molecule has 0 nitrogen and oxygen atoms in total. The second-order valence-corrected chi connectivity index (χ2v) is 15.3. The molecule has 0 aromatic carbocycles. The van der Waals surface area contributed by atoms with Gasteiger partial charge < -0.3 is 0 Å². The van der Waals surface area contributed by atoms with Crippen LogP contribution in [0.25, 0.3) is 0 Å². The van der Waals surface area contributed by atoms with Gasteiger partial charge in [-0.1, -0.05) is 38.9 Å². The Morgan fingerprint density at radius 1 is 0.875 bits per heavy atom. The van der Waals surface area contributed by atoms with Crippen molar-refractivity contribution in [2.24, 2.45) is 5.92 Å². The molecule has 1 aliphatic heterocycles. The smallest absolute Gasteiger partial charge is 0.0755 e. The molecular weight excluding hydrogens is 248 g/mol. The van der Waals surface area contributed by atoms with Crippen LogP contribution in [0.2, 0.25) is 19.6 Å². The van der Waals surface area contributed by atoms with Gasteiger partial charge in [-0.05, 0) is 36.7 Å². The van der Waals surface area contributed by atoms with Crippen LogP contribution in [0, 0.1) is 5.92 Å². The highest BCUT2D eigenvalue weighted by molar-refractivity contribution is 8.21. The molecule has 2 fully saturated rings. The minimum atomic E-state index is -1.07. The first kappa shape index (κ1) is 13.4. The van der Waals surface area contributed by atoms with E-state index < -0.39 is 8.07 Å². The average molecular weight is 275 g/mol. The van der Waals surface area contributed by atoms with Crippen LogP contribution in [0.3, 0.4) is 0 Å².